The van der Waals surface area contributed by atoms with Gasteiger partial charge in [-0.25, -0.2) is 14.8 Å². The molecular weight excluding hydrogens is 182 g/mol. The molecular formula is C9H9N3O2. The Hall–Kier alpha value is -1.91. The van der Waals surface area contributed by atoms with Gasteiger partial charge in [0.2, 0.25) is 0 Å². The summed E-state index contributed by atoms with van der Waals surface area (Å²) < 4.78 is 1.66. The average Bonchev–Trinajstić information content (AvgIpc) is 2.43. The van der Waals surface area contributed by atoms with Crippen LogP contribution >= 0.6 is 0 Å². The molecule has 0 aliphatic carbocycles. The summed E-state index contributed by atoms with van der Waals surface area (Å²) in [6.45, 7) is 3.55. The van der Waals surface area contributed by atoms with E-state index in [9.17, 15) is 4.79 Å². The quantitative estimate of drug-likeness (QED) is 0.731. The fourth-order valence-electron chi connectivity index (χ4n) is 1.36. The van der Waals surface area contributed by atoms with Crippen molar-refractivity contribution in [2.75, 3.05) is 0 Å². The number of fused-ring (bicyclic) bond motifs is 1. The topological polar surface area (TPSA) is 67.5 Å². The van der Waals surface area contributed by atoms with Gasteiger partial charge < -0.3 is 5.11 Å². The number of imidazole rings is 1. The van der Waals surface area contributed by atoms with E-state index in [-0.39, 0.29) is 5.69 Å². The van der Waals surface area contributed by atoms with Crippen molar-refractivity contribution in [1.82, 2.24) is 14.4 Å². The number of carboxylic acids is 1. The first kappa shape index (κ1) is 8.68. The Morgan fingerprint density at radius 3 is 2.86 bits per heavy atom. The Kier molecular flexibility index (Phi) is 1.73. The molecule has 5 heteroatoms. The molecule has 0 saturated heterocycles. The molecule has 2 heterocycles. The lowest BCUT2D eigenvalue weighted by Crippen LogP contribution is -1.99. The third-order valence-corrected chi connectivity index (χ3v) is 2.09. The van der Waals surface area contributed by atoms with Crippen LogP contribution in [0, 0.1) is 13.8 Å². The van der Waals surface area contributed by atoms with Crippen LogP contribution in [0.3, 0.4) is 0 Å². The highest BCUT2D eigenvalue weighted by Crippen LogP contribution is 2.11. The van der Waals surface area contributed by atoms with Gasteiger partial charge in [0, 0.05) is 11.8 Å². The third kappa shape index (κ3) is 1.14. The number of carboxylic acid groups (broad SMARTS) is 1. The number of aromatic nitrogens is 3. The van der Waals surface area contributed by atoms with Gasteiger partial charge in [-0.3, -0.25) is 4.40 Å². The highest BCUT2D eigenvalue weighted by molar-refractivity contribution is 5.87. The van der Waals surface area contributed by atoms with E-state index in [1.165, 1.54) is 0 Å². The largest absolute Gasteiger partial charge is 0.476 e. The van der Waals surface area contributed by atoms with E-state index in [1.54, 1.807) is 23.7 Å². The molecule has 2 aromatic rings. The molecule has 72 valence electrons. The highest BCUT2D eigenvalue weighted by Gasteiger charge is 2.14. The first-order valence-electron chi connectivity index (χ1n) is 4.14. The number of carbonyl (C=O) groups is 1. The Morgan fingerprint density at radius 2 is 2.21 bits per heavy atom. The third-order valence-electron chi connectivity index (χ3n) is 2.09. The van der Waals surface area contributed by atoms with Crippen molar-refractivity contribution in [2.24, 2.45) is 0 Å². The number of rotatable bonds is 1. The van der Waals surface area contributed by atoms with Gasteiger partial charge in [0.1, 0.15) is 12.0 Å². The fourth-order valence-corrected chi connectivity index (χ4v) is 1.36. The Bertz CT molecular complexity index is 516. The van der Waals surface area contributed by atoms with Crippen LogP contribution in [0.5, 0.6) is 0 Å². The summed E-state index contributed by atoms with van der Waals surface area (Å²) in [7, 11) is 0. The summed E-state index contributed by atoms with van der Waals surface area (Å²) in [5.74, 6) is -1.01. The monoisotopic (exact) mass is 191 g/mol. The van der Waals surface area contributed by atoms with Gasteiger partial charge in [0.05, 0.1) is 5.69 Å². The molecule has 0 atom stereocenters. The number of aromatic carboxylic acids is 1. The molecule has 5 nitrogen and oxygen atoms in total. The zero-order valence-corrected chi connectivity index (χ0v) is 7.85. The van der Waals surface area contributed by atoms with Gasteiger partial charge in [0.25, 0.3) is 0 Å². The van der Waals surface area contributed by atoms with Crippen molar-refractivity contribution in [3.8, 4) is 0 Å². The molecule has 0 aromatic carbocycles. The number of hydrogen-bond acceptors (Lipinski definition) is 3. The van der Waals surface area contributed by atoms with Crippen LogP contribution in [0.15, 0.2) is 12.4 Å². The summed E-state index contributed by atoms with van der Waals surface area (Å²) >= 11 is 0. The number of aryl methyl sites for hydroxylation is 2. The summed E-state index contributed by atoms with van der Waals surface area (Å²) in [6, 6.07) is 1.75. The van der Waals surface area contributed by atoms with Crippen molar-refractivity contribution in [1.29, 1.82) is 0 Å². The summed E-state index contributed by atoms with van der Waals surface area (Å²) in [5.41, 5.74) is 2.12. The van der Waals surface area contributed by atoms with Crippen LogP contribution < -0.4 is 0 Å². The van der Waals surface area contributed by atoms with E-state index in [0.717, 1.165) is 5.69 Å². The van der Waals surface area contributed by atoms with Crippen LogP contribution in [0.25, 0.3) is 5.65 Å². The van der Waals surface area contributed by atoms with E-state index in [0.29, 0.717) is 11.3 Å². The zero-order valence-electron chi connectivity index (χ0n) is 7.85. The van der Waals surface area contributed by atoms with Gasteiger partial charge >= 0.3 is 5.97 Å². The molecule has 0 amide bonds. The zero-order chi connectivity index (χ0) is 10.3. The minimum Gasteiger partial charge on any atom is -0.476 e. The first-order valence-corrected chi connectivity index (χ1v) is 4.14. The first-order chi connectivity index (χ1) is 6.59. The van der Waals surface area contributed by atoms with Crippen LogP contribution in [-0.2, 0) is 0 Å². The predicted octanol–water partition coefficient (Wildman–Crippen LogP) is 1.04. The summed E-state index contributed by atoms with van der Waals surface area (Å²) in [6.07, 6.45) is 1.58. The Balaban J connectivity index is 2.79. The molecule has 14 heavy (non-hydrogen) atoms. The highest BCUT2D eigenvalue weighted by atomic mass is 16.4. The van der Waals surface area contributed by atoms with Gasteiger partial charge in [-0.15, -0.1) is 0 Å². The minimum atomic E-state index is -1.01. The molecule has 0 saturated carbocycles. The van der Waals surface area contributed by atoms with Crippen molar-refractivity contribution < 1.29 is 9.90 Å². The smallest absolute Gasteiger partial charge is 0.356 e. The summed E-state index contributed by atoms with van der Waals surface area (Å²) in [5, 5.41) is 8.84. The van der Waals surface area contributed by atoms with Crippen molar-refractivity contribution >= 4 is 11.6 Å². The SMILES string of the molecule is Cc1cc2nc(C(=O)O)c(C)n2cn1. The normalized spacial score (nSPS) is 10.7. The molecule has 2 aromatic heterocycles. The predicted molar refractivity (Wildman–Crippen MR) is 49.4 cm³/mol. The second-order valence-corrected chi connectivity index (χ2v) is 3.11. The molecule has 0 radical (unpaired) electrons. The van der Waals surface area contributed by atoms with E-state index < -0.39 is 5.97 Å². The molecule has 0 bridgehead atoms. The molecule has 0 spiro atoms. The molecule has 0 aliphatic heterocycles. The fraction of sp³-hybridized carbons (Fsp3) is 0.222. The second-order valence-electron chi connectivity index (χ2n) is 3.11. The van der Waals surface area contributed by atoms with Crippen LogP contribution in [0.4, 0.5) is 0 Å². The lowest BCUT2D eigenvalue weighted by atomic mass is 10.3. The average molecular weight is 191 g/mol. The van der Waals surface area contributed by atoms with E-state index in [4.69, 9.17) is 5.11 Å². The van der Waals surface area contributed by atoms with Crippen molar-refractivity contribution in [3.05, 3.63) is 29.5 Å². The van der Waals surface area contributed by atoms with E-state index >= 15 is 0 Å². The number of hydrogen-bond donors (Lipinski definition) is 1. The lowest BCUT2D eigenvalue weighted by molar-refractivity contribution is 0.0690. The van der Waals surface area contributed by atoms with Gasteiger partial charge in [-0.1, -0.05) is 0 Å². The molecule has 2 rings (SSSR count). The molecule has 0 aliphatic rings. The summed E-state index contributed by atoms with van der Waals surface area (Å²) in [4.78, 5) is 18.8. The lowest BCUT2D eigenvalue weighted by Gasteiger charge is -1.95. The maximum absolute atomic E-state index is 10.8. The van der Waals surface area contributed by atoms with Gasteiger partial charge in [-0.2, -0.15) is 0 Å². The van der Waals surface area contributed by atoms with Crippen LogP contribution in [0.1, 0.15) is 21.9 Å². The van der Waals surface area contributed by atoms with Gasteiger partial charge in [0.15, 0.2) is 5.69 Å². The maximum Gasteiger partial charge on any atom is 0.356 e. The number of nitrogens with zero attached hydrogens (tertiary/aromatic N) is 3. The van der Waals surface area contributed by atoms with E-state index in [2.05, 4.69) is 9.97 Å². The van der Waals surface area contributed by atoms with Crippen LogP contribution in [0.2, 0.25) is 0 Å². The van der Waals surface area contributed by atoms with Crippen molar-refractivity contribution in [2.45, 2.75) is 13.8 Å². The maximum atomic E-state index is 10.8. The minimum absolute atomic E-state index is 0.0809. The Morgan fingerprint density at radius 1 is 1.50 bits per heavy atom. The van der Waals surface area contributed by atoms with E-state index in [1.807, 2.05) is 6.92 Å². The van der Waals surface area contributed by atoms with Crippen molar-refractivity contribution in [3.63, 3.8) is 0 Å². The molecule has 1 N–H and O–H groups in total. The van der Waals surface area contributed by atoms with Crippen LogP contribution in [-0.4, -0.2) is 25.4 Å². The van der Waals surface area contributed by atoms with Gasteiger partial charge in [-0.05, 0) is 13.8 Å². The Labute approximate surface area is 80.0 Å². The second kappa shape index (κ2) is 2.80. The standard InChI is InChI=1S/C9H9N3O2/c1-5-3-7-11-8(9(13)14)6(2)12(7)4-10-5/h3-4H,1-2H3,(H,13,14). The molecule has 0 fully saturated rings. The molecule has 0 unspecified atom stereocenters.